The van der Waals surface area contributed by atoms with E-state index in [0.29, 0.717) is 12.0 Å². The zero-order valence-corrected chi connectivity index (χ0v) is 12.6. The van der Waals surface area contributed by atoms with Crippen molar-refractivity contribution in [3.63, 3.8) is 0 Å². The van der Waals surface area contributed by atoms with Crippen LogP contribution in [-0.2, 0) is 0 Å². The molecule has 0 spiro atoms. The second-order valence-electron chi connectivity index (χ2n) is 5.27. The molecule has 96 valence electrons. The Morgan fingerprint density at radius 3 is 2.76 bits per heavy atom. The third kappa shape index (κ3) is 3.49. The molecule has 3 heteroatoms. The monoisotopic (exact) mass is 269 g/mol. The highest BCUT2D eigenvalue weighted by Crippen LogP contribution is 2.32. The van der Waals surface area contributed by atoms with Gasteiger partial charge in [-0.25, -0.2) is 0 Å². The predicted octanol–water partition coefficient (Wildman–Crippen LogP) is 4.32. The van der Waals surface area contributed by atoms with Gasteiger partial charge >= 0.3 is 0 Å². The van der Waals surface area contributed by atoms with E-state index in [-0.39, 0.29) is 0 Å². The lowest BCUT2D eigenvalue weighted by Crippen LogP contribution is -2.33. The Bertz CT molecular complexity index is 321. The Kier molecular flexibility index (Phi) is 4.95. The molecule has 1 N–H and O–H groups in total. The number of hydrogen-bond donors (Lipinski definition) is 1. The molecule has 0 aliphatic heterocycles. The van der Waals surface area contributed by atoms with Crippen molar-refractivity contribution in [2.75, 3.05) is 6.26 Å². The van der Waals surface area contributed by atoms with E-state index in [1.54, 1.807) is 0 Å². The highest BCUT2D eigenvalue weighted by Gasteiger charge is 2.27. The SMILES string of the molecule is CSC1CCC(NC(c2cccs2)C(C)C)C1. The third-order valence-electron chi connectivity index (χ3n) is 3.65. The quantitative estimate of drug-likeness (QED) is 0.854. The zero-order valence-electron chi connectivity index (χ0n) is 11.0. The van der Waals surface area contributed by atoms with Gasteiger partial charge in [0.2, 0.25) is 0 Å². The molecule has 3 unspecified atom stereocenters. The van der Waals surface area contributed by atoms with E-state index in [0.717, 1.165) is 11.3 Å². The van der Waals surface area contributed by atoms with E-state index in [1.807, 2.05) is 23.1 Å². The summed E-state index contributed by atoms with van der Waals surface area (Å²) < 4.78 is 0. The molecule has 0 bridgehead atoms. The summed E-state index contributed by atoms with van der Waals surface area (Å²) in [5.74, 6) is 0.668. The van der Waals surface area contributed by atoms with E-state index >= 15 is 0 Å². The van der Waals surface area contributed by atoms with Crippen LogP contribution in [-0.4, -0.2) is 17.5 Å². The average molecular weight is 269 g/mol. The first-order chi connectivity index (χ1) is 8.20. The van der Waals surface area contributed by atoms with Crippen LogP contribution in [0.4, 0.5) is 0 Å². The van der Waals surface area contributed by atoms with E-state index in [4.69, 9.17) is 0 Å². The van der Waals surface area contributed by atoms with Crippen LogP contribution in [0.1, 0.15) is 44.0 Å². The smallest absolute Gasteiger partial charge is 0.0440 e. The molecule has 1 aliphatic rings. The fourth-order valence-corrected chi connectivity index (χ4v) is 4.39. The van der Waals surface area contributed by atoms with Gasteiger partial charge in [0.1, 0.15) is 0 Å². The first-order valence-electron chi connectivity index (χ1n) is 6.53. The maximum absolute atomic E-state index is 3.88. The second-order valence-corrected chi connectivity index (χ2v) is 7.39. The summed E-state index contributed by atoms with van der Waals surface area (Å²) in [7, 11) is 0. The Morgan fingerprint density at radius 2 is 2.24 bits per heavy atom. The molecular weight excluding hydrogens is 246 g/mol. The van der Waals surface area contributed by atoms with Gasteiger partial charge in [-0.2, -0.15) is 11.8 Å². The molecule has 0 amide bonds. The minimum Gasteiger partial charge on any atom is -0.306 e. The summed E-state index contributed by atoms with van der Waals surface area (Å²) in [6.07, 6.45) is 6.32. The van der Waals surface area contributed by atoms with Crippen LogP contribution >= 0.6 is 23.1 Å². The number of thiophene rings is 1. The van der Waals surface area contributed by atoms with E-state index in [9.17, 15) is 0 Å². The third-order valence-corrected chi connectivity index (χ3v) is 5.70. The molecule has 0 saturated heterocycles. The minimum absolute atomic E-state index is 0.542. The first-order valence-corrected chi connectivity index (χ1v) is 8.69. The van der Waals surface area contributed by atoms with Crippen LogP contribution in [0.2, 0.25) is 0 Å². The molecule has 1 aliphatic carbocycles. The van der Waals surface area contributed by atoms with Crippen LogP contribution in [0.3, 0.4) is 0 Å². The molecule has 1 heterocycles. The van der Waals surface area contributed by atoms with Gasteiger partial charge in [0, 0.05) is 22.2 Å². The van der Waals surface area contributed by atoms with Crippen molar-refractivity contribution in [2.24, 2.45) is 5.92 Å². The molecule has 1 aromatic rings. The summed E-state index contributed by atoms with van der Waals surface area (Å²) in [5.41, 5.74) is 0. The highest BCUT2D eigenvalue weighted by atomic mass is 32.2. The van der Waals surface area contributed by atoms with Crippen LogP contribution in [0.15, 0.2) is 17.5 Å². The Labute approximate surface area is 113 Å². The molecule has 1 fully saturated rings. The maximum Gasteiger partial charge on any atom is 0.0440 e. The van der Waals surface area contributed by atoms with Crippen molar-refractivity contribution in [3.05, 3.63) is 22.4 Å². The first kappa shape index (κ1) is 13.4. The van der Waals surface area contributed by atoms with Gasteiger partial charge in [-0.3, -0.25) is 0 Å². The van der Waals surface area contributed by atoms with E-state index in [1.165, 1.54) is 24.1 Å². The summed E-state index contributed by atoms with van der Waals surface area (Å²) in [6.45, 7) is 4.64. The van der Waals surface area contributed by atoms with Crippen molar-refractivity contribution in [2.45, 2.75) is 50.4 Å². The molecule has 2 rings (SSSR count). The fraction of sp³-hybridized carbons (Fsp3) is 0.714. The normalized spacial score (nSPS) is 26.6. The second kappa shape index (κ2) is 6.26. The zero-order chi connectivity index (χ0) is 12.3. The van der Waals surface area contributed by atoms with Gasteiger partial charge < -0.3 is 5.32 Å². The number of nitrogens with one attached hydrogen (secondary N) is 1. The highest BCUT2D eigenvalue weighted by molar-refractivity contribution is 7.99. The van der Waals surface area contributed by atoms with Crippen molar-refractivity contribution in [3.8, 4) is 0 Å². The standard InChI is InChI=1S/C14H23NS2/c1-10(2)14(13-5-4-8-17-13)15-11-6-7-12(9-11)16-3/h4-5,8,10-12,14-15H,6-7,9H2,1-3H3. The summed E-state index contributed by atoms with van der Waals surface area (Å²) in [4.78, 5) is 1.49. The van der Waals surface area contributed by atoms with Gasteiger partial charge in [0.15, 0.2) is 0 Å². The van der Waals surface area contributed by atoms with Gasteiger partial charge in [-0.05, 0) is 42.9 Å². The molecule has 1 nitrogen and oxygen atoms in total. The largest absolute Gasteiger partial charge is 0.306 e. The lowest BCUT2D eigenvalue weighted by molar-refractivity contribution is 0.365. The van der Waals surface area contributed by atoms with E-state index in [2.05, 4.69) is 42.9 Å². The lowest BCUT2D eigenvalue weighted by atomic mass is 10.0. The van der Waals surface area contributed by atoms with Crippen LogP contribution in [0, 0.1) is 5.92 Å². The van der Waals surface area contributed by atoms with Crippen molar-refractivity contribution in [1.82, 2.24) is 5.32 Å². The van der Waals surface area contributed by atoms with Crippen LogP contribution in [0.5, 0.6) is 0 Å². The number of rotatable bonds is 5. The molecule has 17 heavy (non-hydrogen) atoms. The molecule has 3 atom stereocenters. The summed E-state index contributed by atoms with van der Waals surface area (Å²) >= 11 is 3.91. The summed E-state index contributed by atoms with van der Waals surface area (Å²) in [6, 6.07) is 5.70. The number of thioether (sulfide) groups is 1. The molecule has 0 radical (unpaired) electrons. The average Bonchev–Trinajstić information content (AvgIpc) is 2.96. The van der Waals surface area contributed by atoms with Gasteiger partial charge in [0.05, 0.1) is 0 Å². The molecule has 1 aromatic heterocycles. The molecule has 1 saturated carbocycles. The van der Waals surface area contributed by atoms with E-state index < -0.39 is 0 Å². The maximum atomic E-state index is 3.88. The Hall–Kier alpha value is 0.01000. The summed E-state index contributed by atoms with van der Waals surface area (Å²) in [5, 5.41) is 6.94. The topological polar surface area (TPSA) is 12.0 Å². The van der Waals surface area contributed by atoms with Gasteiger partial charge in [-0.1, -0.05) is 19.9 Å². The van der Waals surface area contributed by atoms with Crippen molar-refractivity contribution in [1.29, 1.82) is 0 Å². The Balaban J connectivity index is 1.95. The molecular formula is C14H23NS2. The minimum atomic E-state index is 0.542. The number of hydrogen-bond acceptors (Lipinski definition) is 3. The molecule has 0 aromatic carbocycles. The van der Waals surface area contributed by atoms with Gasteiger partial charge in [-0.15, -0.1) is 11.3 Å². The van der Waals surface area contributed by atoms with Crippen molar-refractivity contribution < 1.29 is 0 Å². The Morgan fingerprint density at radius 1 is 1.41 bits per heavy atom. The van der Waals surface area contributed by atoms with Crippen LogP contribution in [0.25, 0.3) is 0 Å². The predicted molar refractivity (Wildman–Crippen MR) is 80.0 cm³/mol. The van der Waals surface area contributed by atoms with Crippen LogP contribution < -0.4 is 5.32 Å². The fourth-order valence-electron chi connectivity index (χ4n) is 2.63. The lowest BCUT2D eigenvalue weighted by Gasteiger charge is -2.25. The van der Waals surface area contributed by atoms with Gasteiger partial charge in [0.25, 0.3) is 0 Å². The van der Waals surface area contributed by atoms with Crippen molar-refractivity contribution >= 4 is 23.1 Å².